The number of nitrogens with one attached hydrogen (secondary N) is 1. The predicted octanol–water partition coefficient (Wildman–Crippen LogP) is 4.96. The Labute approximate surface area is 202 Å². The summed E-state index contributed by atoms with van der Waals surface area (Å²) in [6, 6.07) is 19.8. The van der Waals surface area contributed by atoms with E-state index in [0.29, 0.717) is 11.6 Å². The molecule has 1 amide bonds. The molecule has 5 rings (SSSR count). The van der Waals surface area contributed by atoms with Crippen molar-refractivity contribution >= 4 is 39.8 Å². The number of amides is 1. The molecule has 3 aromatic rings. The number of hydrogen-bond donors (Lipinski definition) is 1. The topological polar surface area (TPSA) is 83.0 Å². The van der Waals surface area contributed by atoms with Gasteiger partial charge in [-0.3, -0.25) is 10.2 Å². The molecule has 0 bridgehead atoms. The van der Waals surface area contributed by atoms with Crippen molar-refractivity contribution in [2.24, 2.45) is 10.1 Å². The number of rotatable bonds is 5. The maximum atomic E-state index is 12.9. The number of carbonyl (C=O) groups excluding carboxylic acids is 1. The van der Waals surface area contributed by atoms with Gasteiger partial charge >= 0.3 is 0 Å². The van der Waals surface area contributed by atoms with Crippen LogP contribution in [-0.2, 0) is 11.2 Å². The fourth-order valence-electron chi connectivity index (χ4n) is 4.09. The van der Waals surface area contributed by atoms with Gasteiger partial charge < -0.3 is 9.30 Å². The van der Waals surface area contributed by atoms with Gasteiger partial charge in [0, 0.05) is 23.5 Å². The van der Waals surface area contributed by atoms with Gasteiger partial charge in [0.15, 0.2) is 5.84 Å². The second-order valence-corrected chi connectivity index (χ2v) is 9.08. The standard InChI is InChI=1S/C26H23N5O2S/c1-16-13-19(17(2)30(16)20-9-11-21(33-3)12-10-20)15-22-24(27)31-26(28-25(22)32)34-23(29-31)14-18-7-5-4-6-8-18/h4-13,15,27H,14H2,1-3H3/b22-15+,27-24?. The van der Waals surface area contributed by atoms with Gasteiger partial charge in [-0.05, 0) is 73.1 Å². The summed E-state index contributed by atoms with van der Waals surface area (Å²) >= 11 is 1.34. The molecular weight excluding hydrogens is 446 g/mol. The number of benzene rings is 2. The maximum absolute atomic E-state index is 12.9. The number of aryl methyl sites for hydroxylation is 1. The molecule has 34 heavy (non-hydrogen) atoms. The summed E-state index contributed by atoms with van der Waals surface area (Å²) in [6.45, 7) is 4.01. The first-order valence-corrected chi connectivity index (χ1v) is 11.6. The number of methoxy groups -OCH3 is 1. The van der Waals surface area contributed by atoms with Crippen molar-refractivity contribution in [1.82, 2.24) is 9.58 Å². The van der Waals surface area contributed by atoms with E-state index in [2.05, 4.69) is 14.7 Å². The third kappa shape index (κ3) is 3.97. The van der Waals surface area contributed by atoms with E-state index < -0.39 is 5.91 Å². The fraction of sp³-hybridized carbons (Fsp3) is 0.154. The summed E-state index contributed by atoms with van der Waals surface area (Å²) < 4.78 is 7.37. The van der Waals surface area contributed by atoms with Crippen LogP contribution in [0.15, 0.2) is 76.3 Å². The van der Waals surface area contributed by atoms with E-state index in [-0.39, 0.29) is 11.4 Å². The SMILES string of the molecule is COc1ccc(-n2c(C)cc(/C=C3\C(=N)N4N=C(Cc5ccccc5)SC4=NC3=O)c2C)cc1. The Balaban J connectivity index is 1.45. The van der Waals surface area contributed by atoms with Crippen LogP contribution < -0.4 is 4.74 Å². The quantitative estimate of drug-likeness (QED) is 0.535. The summed E-state index contributed by atoms with van der Waals surface area (Å²) in [5.41, 5.74) is 5.19. The van der Waals surface area contributed by atoms with Gasteiger partial charge in [-0.25, -0.2) is 0 Å². The summed E-state index contributed by atoms with van der Waals surface area (Å²) in [5.74, 6) is 0.410. The Hall–Kier alpha value is -3.91. The van der Waals surface area contributed by atoms with E-state index in [9.17, 15) is 4.79 Å². The van der Waals surface area contributed by atoms with Crippen LogP contribution in [0.1, 0.15) is 22.5 Å². The zero-order valence-electron chi connectivity index (χ0n) is 19.1. The van der Waals surface area contributed by atoms with Crippen LogP contribution in [-0.4, -0.2) is 38.6 Å². The molecule has 0 fully saturated rings. The van der Waals surface area contributed by atoms with E-state index in [1.54, 1.807) is 13.2 Å². The van der Waals surface area contributed by atoms with E-state index in [0.717, 1.165) is 39.0 Å². The molecule has 0 atom stereocenters. The Morgan fingerprint density at radius 2 is 1.82 bits per heavy atom. The zero-order chi connectivity index (χ0) is 23.8. The Morgan fingerprint density at radius 3 is 2.53 bits per heavy atom. The predicted molar refractivity (Wildman–Crippen MR) is 137 cm³/mol. The average Bonchev–Trinajstić information content (AvgIpc) is 3.36. The number of carbonyl (C=O) groups is 1. The van der Waals surface area contributed by atoms with Crippen LogP contribution in [0.3, 0.4) is 0 Å². The second-order valence-electron chi connectivity index (χ2n) is 8.04. The van der Waals surface area contributed by atoms with Gasteiger partial charge in [0.2, 0.25) is 5.17 Å². The molecule has 0 radical (unpaired) electrons. The highest BCUT2D eigenvalue weighted by molar-refractivity contribution is 8.26. The molecule has 0 spiro atoms. The van der Waals surface area contributed by atoms with E-state index in [1.807, 2.05) is 74.5 Å². The Morgan fingerprint density at radius 1 is 1.09 bits per heavy atom. The summed E-state index contributed by atoms with van der Waals surface area (Å²) in [4.78, 5) is 17.1. The van der Waals surface area contributed by atoms with E-state index in [1.165, 1.54) is 16.8 Å². The van der Waals surface area contributed by atoms with Crippen molar-refractivity contribution in [3.05, 3.63) is 88.8 Å². The van der Waals surface area contributed by atoms with Crippen molar-refractivity contribution in [2.75, 3.05) is 7.11 Å². The molecule has 0 saturated heterocycles. The molecule has 0 unspecified atom stereocenters. The number of hydrazone groups is 1. The molecular formula is C26H23N5O2S. The lowest BCUT2D eigenvalue weighted by Crippen LogP contribution is -2.35. The molecule has 2 aromatic carbocycles. The summed E-state index contributed by atoms with van der Waals surface area (Å²) in [6.07, 6.45) is 2.37. The lowest BCUT2D eigenvalue weighted by atomic mass is 10.1. The number of ether oxygens (including phenoxy) is 1. The molecule has 3 heterocycles. The maximum Gasteiger partial charge on any atom is 0.283 e. The van der Waals surface area contributed by atoms with Gasteiger partial charge in [-0.1, -0.05) is 30.3 Å². The molecule has 1 aromatic heterocycles. The second kappa shape index (κ2) is 8.79. The van der Waals surface area contributed by atoms with Gasteiger partial charge in [0.1, 0.15) is 10.8 Å². The third-order valence-electron chi connectivity index (χ3n) is 5.80. The fourth-order valence-corrected chi connectivity index (χ4v) is 5.01. The molecule has 170 valence electrons. The minimum atomic E-state index is -0.422. The van der Waals surface area contributed by atoms with Crippen LogP contribution in [0.5, 0.6) is 5.75 Å². The smallest absolute Gasteiger partial charge is 0.283 e. The normalized spacial score (nSPS) is 16.6. The average molecular weight is 470 g/mol. The van der Waals surface area contributed by atoms with E-state index >= 15 is 0 Å². The van der Waals surface area contributed by atoms with Crippen molar-refractivity contribution in [2.45, 2.75) is 20.3 Å². The molecule has 0 aliphatic carbocycles. The molecule has 2 aliphatic rings. The minimum Gasteiger partial charge on any atom is -0.497 e. The minimum absolute atomic E-state index is 0.0415. The number of aromatic nitrogens is 1. The highest BCUT2D eigenvalue weighted by Crippen LogP contribution is 2.31. The largest absolute Gasteiger partial charge is 0.497 e. The molecule has 8 heteroatoms. The van der Waals surface area contributed by atoms with E-state index in [4.69, 9.17) is 10.1 Å². The van der Waals surface area contributed by atoms with Crippen molar-refractivity contribution < 1.29 is 9.53 Å². The lowest BCUT2D eigenvalue weighted by molar-refractivity contribution is -0.114. The number of aliphatic imine (C=N–C) groups is 1. The monoisotopic (exact) mass is 469 g/mol. The van der Waals surface area contributed by atoms with Crippen LogP contribution >= 0.6 is 11.8 Å². The first kappa shape index (κ1) is 21.9. The third-order valence-corrected chi connectivity index (χ3v) is 6.70. The summed E-state index contributed by atoms with van der Waals surface area (Å²) in [5, 5.41) is 15.9. The molecule has 2 aliphatic heterocycles. The summed E-state index contributed by atoms with van der Waals surface area (Å²) in [7, 11) is 1.64. The lowest BCUT2D eigenvalue weighted by Gasteiger charge is -2.20. The number of amidine groups is 2. The van der Waals surface area contributed by atoms with Gasteiger partial charge in [0.05, 0.1) is 12.7 Å². The van der Waals surface area contributed by atoms with Gasteiger partial charge in [-0.15, -0.1) is 0 Å². The van der Waals surface area contributed by atoms with Crippen molar-refractivity contribution in [3.63, 3.8) is 0 Å². The van der Waals surface area contributed by atoms with Crippen molar-refractivity contribution in [3.8, 4) is 11.4 Å². The highest BCUT2D eigenvalue weighted by atomic mass is 32.2. The Bertz CT molecular complexity index is 1380. The Kier molecular flexibility index (Phi) is 5.67. The van der Waals surface area contributed by atoms with Crippen LogP contribution in [0.25, 0.3) is 11.8 Å². The van der Waals surface area contributed by atoms with Crippen LogP contribution in [0.4, 0.5) is 0 Å². The van der Waals surface area contributed by atoms with Crippen LogP contribution in [0, 0.1) is 19.3 Å². The first-order valence-electron chi connectivity index (χ1n) is 10.8. The highest BCUT2D eigenvalue weighted by Gasteiger charge is 2.35. The van der Waals surface area contributed by atoms with Crippen LogP contribution in [0.2, 0.25) is 0 Å². The molecule has 7 nitrogen and oxygen atoms in total. The number of fused-ring (bicyclic) bond motifs is 1. The zero-order valence-corrected chi connectivity index (χ0v) is 19.9. The van der Waals surface area contributed by atoms with Gasteiger partial charge in [0.25, 0.3) is 5.91 Å². The number of nitrogens with zero attached hydrogens (tertiary/aromatic N) is 4. The molecule has 0 saturated carbocycles. The number of hydrogen-bond acceptors (Lipinski definition) is 5. The molecule has 1 N–H and O–H groups in total. The van der Waals surface area contributed by atoms with Gasteiger partial charge in [-0.2, -0.15) is 15.1 Å². The number of thioether (sulfide) groups is 1. The first-order chi connectivity index (χ1) is 16.4. The van der Waals surface area contributed by atoms with Crippen molar-refractivity contribution in [1.29, 1.82) is 5.41 Å².